The van der Waals surface area contributed by atoms with Crippen LogP contribution in [0.1, 0.15) is 23.0 Å². The average molecular weight is 321 g/mol. The number of nitrogens with one attached hydrogen (secondary N) is 1. The Morgan fingerprint density at radius 3 is 2.38 bits per heavy atom. The van der Waals surface area contributed by atoms with E-state index in [0.717, 1.165) is 40.1 Å². The lowest BCUT2D eigenvalue weighted by molar-refractivity contribution is 0.101. The van der Waals surface area contributed by atoms with Crippen LogP contribution in [0.3, 0.4) is 0 Å². The van der Waals surface area contributed by atoms with E-state index in [2.05, 4.69) is 28.9 Å². The van der Waals surface area contributed by atoms with Gasteiger partial charge in [-0.2, -0.15) is 0 Å². The van der Waals surface area contributed by atoms with Crippen LogP contribution in [0.2, 0.25) is 0 Å². The minimum Gasteiger partial charge on any atom is -0.378 e. The van der Waals surface area contributed by atoms with Crippen LogP contribution < -0.4 is 10.2 Å². The van der Waals surface area contributed by atoms with Gasteiger partial charge in [0.25, 0.3) is 5.91 Å². The Kier molecular flexibility index (Phi) is 4.30. The first-order valence-corrected chi connectivity index (χ1v) is 8.19. The number of aryl methyl sites for hydroxylation is 2. The summed E-state index contributed by atoms with van der Waals surface area (Å²) in [4.78, 5) is 14.9. The number of para-hydroxylation sites is 1. The van der Waals surface area contributed by atoms with E-state index in [-0.39, 0.29) is 5.91 Å². The molecule has 0 bridgehead atoms. The lowest BCUT2D eigenvalue weighted by Gasteiger charge is -2.14. The molecule has 1 N–H and O–H groups in total. The molecule has 0 saturated heterocycles. The van der Waals surface area contributed by atoms with Crippen LogP contribution in [0.15, 0.2) is 48.5 Å². The van der Waals surface area contributed by atoms with Gasteiger partial charge < -0.3 is 14.8 Å². The number of anilines is 2. The fourth-order valence-electron chi connectivity index (χ4n) is 3.13. The number of hydrogen-bond acceptors (Lipinski definition) is 2. The minimum absolute atomic E-state index is 0.0665. The molecule has 0 aliphatic heterocycles. The first-order valence-electron chi connectivity index (χ1n) is 8.19. The topological polar surface area (TPSA) is 37.3 Å². The molecule has 0 saturated carbocycles. The van der Waals surface area contributed by atoms with Crippen LogP contribution in [0, 0.1) is 6.92 Å². The Bertz CT molecular complexity index is 876. The van der Waals surface area contributed by atoms with E-state index in [1.165, 1.54) is 0 Å². The highest BCUT2D eigenvalue weighted by atomic mass is 16.2. The van der Waals surface area contributed by atoms with E-state index in [4.69, 9.17) is 0 Å². The van der Waals surface area contributed by atoms with Crippen LogP contribution in [-0.4, -0.2) is 24.6 Å². The lowest BCUT2D eigenvalue weighted by atomic mass is 10.1. The quantitative estimate of drug-likeness (QED) is 0.778. The van der Waals surface area contributed by atoms with Gasteiger partial charge in [0.1, 0.15) is 5.69 Å². The van der Waals surface area contributed by atoms with Crippen LogP contribution in [0.5, 0.6) is 0 Å². The molecule has 3 rings (SSSR count). The normalized spacial score (nSPS) is 10.8. The van der Waals surface area contributed by atoms with Gasteiger partial charge in [-0.3, -0.25) is 4.79 Å². The second-order valence-corrected chi connectivity index (χ2v) is 6.13. The maximum Gasteiger partial charge on any atom is 0.272 e. The zero-order valence-electron chi connectivity index (χ0n) is 14.6. The molecule has 4 heteroatoms. The number of hydrogen-bond donors (Lipinski definition) is 1. The molecule has 1 amide bonds. The van der Waals surface area contributed by atoms with Gasteiger partial charge in [-0.1, -0.05) is 18.2 Å². The van der Waals surface area contributed by atoms with E-state index in [9.17, 15) is 4.79 Å². The smallest absolute Gasteiger partial charge is 0.272 e. The van der Waals surface area contributed by atoms with Crippen LogP contribution >= 0.6 is 0 Å². The maximum absolute atomic E-state index is 12.9. The summed E-state index contributed by atoms with van der Waals surface area (Å²) in [6.45, 7) is 4.84. The molecule has 0 radical (unpaired) electrons. The number of fused-ring (bicyclic) bond motifs is 1. The van der Waals surface area contributed by atoms with Crippen LogP contribution in [0.4, 0.5) is 11.4 Å². The standard InChI is InChI=1S/C20H23N3O/c1-5-23-18-9-7-6-8-17(18)14(2)19(23)20(24)21-15-10-12-16(13-11-15)22(3)4/h6-13H,5H2,1-4H3,(H,21,24). The summed E-state index contributed by atoms with van der Waals surface area (Å²) >= 11 is 0. The van der Waals surface area contributed by atoms with Crippen molar-refractivity contribution in [2.45, 2.75) is 20.4 Å². The van der Waals surface area contributed by atoms with Crippen LogP contribution in [0.25, 0.3) is 10.9 Å². The summed E-state index contributed by atoms with van der Waals surface area (Å²) in [6, 6.07) is 16.0. The fraction of sp³-hybridized carbons (Fsp3) is 0.250. The highest BCUT2D eigenvalue weighted by Crippen LogP contribution is 2.26. The Balaban J connectivity index is 1.95. The molecule has 2 aromatic carbocycles. The zero-order chi connectivity index (χ0) is 17.3. The Morgan fingerprint density at radius 1 is 1.08 bits per heavy atom. The summed E-state index contributed by atoms with van der Waals surface area (Å²) in [5.41, 5.74) is 4.76. The average Bonchev–Trinajstić information content (AvgIpc) is 2.88. The molecule has 0 atom stereocenters. The van der Waals surface area contributed by atoms with Gasteiger partial charge in [-0.15, -0.1) is 0 Å². The summed E-state index contributed by atoms with van der Waals surface area (Å²) in [7, 11) is 3.99. The zero-order valence-corrected chi connectivity index (χ0v) is 14.6. The largest absolute Gasteiger partial charge is 0.378 e. The third-order valence-electron chi connectivity index (χ3n) is 4.40. The van der Waals surface area contributed by atoms with Crippen molar-refractivity contribution in [1.29, 1.82) is 0 Å². The van der Waals surface area contributed by atoms with E-state index in [1.54, 1.807) is 0 Å². The molecule has 1 aromatic heterocycles. The first kappa shape index (κ1) is 16.1. The summed E-state index contributed by atoms with van der Waals surface area (Å²) in [5, 5.41) is 4.15. The van der Waals surface area contributed by atoms with Crippen molar-refractivity contribution in [3.8, 4) is 0 Å². The van der Waals surface area contributed by atoms with E-state index in [0.29, 0.717) is 0 Å². The number of amides is 1. The molecule has 0 aliphatic carbocycles. The molecule has 0 spiro atoms. The molecule has 4 nitrogen and oxygen atoms in total. The molecule has 3 aromatic rings. The molecule has 124 valence electrons. The number of aromatic nitrogens is 1. The van der Waals surface area contributed by atoms with Gasteiger partial charge in [-0.05, 0) is 49.7 Å². The third-order valence-corrected chi connectivity index (χ3v) is 4.40. The third kappa shape index (κ3) is 2.75. The second-order valence-electron chi connectivity index (χ2n) is 6.13. The van der Waals surface area contributed by atoms with E-state index >= 15 is 0 Å². The van der Waals surface area contributed by atoms with Crippen molar-refractivity contribution in [3.05, 3.63) is 59.8 Å². The highest BCUT2D eigenvalue weighted by Gasteiger charge is 2.19. The van der Waals surface area contributed by atoms with Gasteiger partial charge in [0.15, 0.2) is 0 Å². The van der Waals surface area contributed by atoms with Gasteiger partial charge in [-0.25, -0.2) is 0 Å². The summed E-state index contributed by atoms with van der Waals surface area (Å²) < 4.78 is 2.08. The van der Waals surface area contributed by atoms with Crippen molar-refractivity contribution < 1.29 is 4.79 Å². The SMILES string of the molecule is CCn1c(C(=O)Nc2ccc(N(C)C)cc2)c(C)c2ccccc21. The molecule has 24 heavy (non-hydrogen) atoms. The molecule has 0 unspecified atom stereocenters. The molecule has 0 fully saturated rings. The van der Waals surface area contributed by atoms with Crippen LogP contribution in [-0.2, 0) is 6.54 Å². The molecule has 0 aliphatic rings. The monoisotopic (exact) mass is 321 g/mol. The Hall–Kier alpha value is -2.75. The first-order chi connectivity index (χ1) is 11.5. The number of rotatable bonds is 4. The lowest BCUT2D eigenvalue weighted by Crippen LogP contribution is -2.18. The second kappa shape index (κ2) is 6.40. The molecular weight excluding hydrogens is 298 g/mol. The predicted octanol–water partition coefficient (Wildman–Crippen LogP) is 4.29. The van der Waals surface area contributed by atoms with Crippen molar-refractivity contribution in [2.75, 3.05) is 24.3 Å². The number of benzene rings is 2. The number of carbonyl (C=O) groups excluding carboxylic acids is 1. The van der Waals surface area contributed by atoms with Gasteiger partial charge >= 0.3 is 0 Å². The highest BCUT2D eigenvalue weighted by molar-refractivity contribution is 6.08. The minimum atomic E-state index is -0.0665. The predicted molar refractivity (Wildman–Crippen MR) is 101 cm³/mol. The van der Waals surface area contributed by atoms with E-state index in [1.807, 2.05) is 62.3 Å². The maximum atomic E-state index is 12.9. The van der Waals surface area contributed by atoms with Crippen molar-refractivity contribution in [2.24, 2.45) is 0 Å². The number of nitrogens with zero attached hydrogens (tertiary/aromatic N) is 2. The molecular formula is C20H23N3O. The molecule has 1 heterocycles. The Labute approximate surface area is 142 Å². The van der Waals surface area contributed by atoms with Gasteiger partial charge in [0.2, 0.25) is 0 Å². The fourth-order valence-corrected chi connectivity index (χ4v) is 3.13. The van der Waals surface area contributed by atoms with Crippen molar-refractivity contribution in [1.82, 2.24) is 4.57 Å². The van der Waals surface area contributed by atoms with E-state index < -0.39 is 0 Å². The Morgan fingerprint density at radius 2 is 1.75 bits per heavy atom. The summed E-state index contributed by atoms with van der Waals surface area (Å²) in [6.07, 6.45) is 0. The summed E-state index contributed by atoms with van der Waals surface area (Å²) in [5.74, 6) is -0.0665. The van der Waals surface area contributed by atoms with Gasteiger partial charge in [0, 0.05) is 42.9 Å². The number of carbonyl (C=O) groups is 1. The van der Waals surface area contributed by atoms with Gasteiger partial charge in [0.05, 0.1) is 0 Å². The van der Waals surface area contributed by atoms with Crippen molar-refractivity contribution >= 4 is 28.2 Å². The van der Waals surface area contributed by atoms with Crippen molar-refractivity contribution in [3.63, 3.8) is 0 Å².